The second-order valence-electron chi connectivity index (χ2n) is 6.58. The summed E-state index contributed by atoms with van der Waals surface area (Å²) in [5.74, 6) is 3.55. The van der Waals surface area contributed by atoms with E-state index in [2.05, 4.69) is 37.1 Å². The van der Waals surface area contributed by atoms with Crippen LogP contribution in [0.5, 0.6) is 0 Å². The number of aryl methyl sites for hydroxylation is 1. The quantitative estimate of drug-likeness (QED) is 0.727. The second kappa shape index (κ2) is 5.36. The van der Waals surface area contributed by atoms with E-state index in [0.29, 0.717) is 5.88 Å². The van der Waals surface area contributed by atoms with Gasteiger partial charge in [0.15, 0.2) is 0 Å². The Bertz CT molecular complexity index is 457. The Balaban J connectivity index is 1.71. The fourth-order valence-electron chi connectivity index (χ4n) is 4.24. The van der Waals surface area contributed by atoms with Crippen LogP contribution in [0.25, 0.3) is 0 Å². The molecule has 0 amide bonds. The number of rotatable bonds is 4. The van der Waals surface area contributed by atoms with Crippen LogP contribution in [0.4, 0.5) is 5.69 Å². The van der Waals surface area contributed by atoms with Gasteiger partial charge >= 0.3 is 0 Å². The molecule has 104 valence electrons. The predicted molar refractivity (Wildman–Crippen MR) is 82.9 cm³/mol. The molecule has 1 nitrogen and oxygen atoms in total. The zero-order chi connectivity index (χ0) is 13.4. The molecule has 0 spiro atoms. The molecule has 0 saturated heterocycles. The maximum Gasteiger partial charge on any atom is 0.0494 e. The number of benzene rings is 1. The number of nitrogens with zero attached hydrogens (tertiary/aromatic N) is 1. The Morgan fingerprint density at radius 2 is 2.11 bits per heavy atom. The average molecular weight is 278 g/mol. The van der Waals surface area contributed by atoms with E-state index in [1.165, 1.54) is 49.0 Å². The zero-order valence-electron chi connectivity index (χ0n) is 12.0. The molecule has 0 heterocycles. The van der Waals surface area contributed by atoms with Crippen molar-refractivity contribution in [1.82, 2.24) is 0 Å². The third-order valence-corrected chi connectivity index (χ3v) is 5.47. The Kier molecular flexibility index (Phi) is 3.75. The van der Waals surface area contributed by atoms with Crippen molar-refractivity contribution in [3.8, 4) is 0 Å². The first-order valence-electron chi connectivity index (χ1n) is 7.54. The van der Waals surface area contributed by atoms with E-state index in [9.17, 15) is 0 Å². The molecule has 2 saturated carbocycles. The summed E-state index contributed by atoms with van der Waals surface area (Å²) in [6.45, 7) is 3.34. The third-order valence-electron chi connectivity index (χ3n) is 5.18. The van der Waals surface area contributed by atoms with Crippen molar-refractivity contribution >= 4 is 17.3 Å². The topological polar surface area (TPSA) is 3.24 Å². The van der Waals surface area contributed by atoms with Gasteiger partial charge in [0.25, 0.3) is 0 Å². The smallest absolute Gasteiger partial charge is 0.0494 e. The molecular formula is C17H24ClN. The monoisotopic (exact) mass is 277 g/mol. The first-order chi connectivity index (χ1) is 9.17. The van der Waals surface area contributed by atoms with Gasteiger partial charge in [-0.15, -0.1) is 11.6 Å². The lowest BCUT2D eigenvalue weighted by molar-refractivity contribution is 0.337. The van der Waals surface area contributed by atoms with E-state index in [-0.39, 0.29) is 0 Å². The minimum absolute atomic E-state index is 0.609. The molecule has 2 aliphatic rings. The molecule has 1 aromatic rings. The van der Waals surface area contributed by atoms with Gasteiger partial charge in [0, 0.05) is 25.2 Å². The van der Waals surface area contributed by atoms with E-state index >= 15 is 0 Å². The summed E-state index contributed by atoms with van der Waals surface area (Å²) in [5.41, 5.74) is 3.89. The van der Waals surface area contributed by atoms with Crippen molar-refractivity contribution in [2.45, 2.75) is 38.5 Å². The molecule has 2 bridgehead atoms. The molecule has 0 N–H and O–H groups in total. The van der Waals surface area contributed by atoms with E-state index < -0.39 is 0 Å². The summed E-state index contributed by atoms with van der Waals surface area (Å²) in [6.07, 6.45) is 5.91. The summed E-state index contributed by atoms with van der Waals surface area (Å²) in [7, 11) is 2.23. The molecule has 2 heteroatoms. The van der Waals surface area contributed by atoms with Crippen LogP contribution in [-0.2, 0) is 5.88 Å². The maximum absolute atomic E-state index is 6.10. The molecule has 0 aliphatic heterocycles. The van der Waals surface area contributed by atoms with Crippen LogP contribution in [0, 0.1) is 24.7 Å². The van der Waals surface area contributed by atoms with Gasteiger partial charge in [0.2, 0.25) is 0 Å². The van der Waals surface area contributed by atoms with Crippen molar-refractivity contribution in [3.05, 3.63) is 29.3 Å². The molecule has 0 radical (unpaired) electrons. The SMILES string of the molecule is Cc1ccc(N(C)CC2CC3CCC2C3)c(CCl)c1. The van der Waals surface area contributed by atoms with Gasteiger partial charge < -0.3 is 4.90 Å². The number of halogens is 1. The molecular weight excluding hydrogens is 254 g/mol. The number of hydrogen-bond donors (Lipinski definition) is 0. The molecule has 2 fully saturated rings. The first-order valence-corrected chi connectivity index (χ1v) is 8.07. The fraction of sp³-hybridized carbons (Fsp3) is 0.647. The minimum Gasteiger partial charge on any atom is -0.374 e. The van der Waals surface area contributed by atoms with Gasteiger partial charge in [0.05, 0.1) is 0 Å². The van der Waals surface area contributed by atoms with Crippen molar-refractivity contribution in [3.63, 3.8) is 0 Å². The van der Waals surface area contributed by atoms with Crippen molar-refractivity contribution in [2.24, 2.45) is 17.8 Å². The maximum atomic E-state index is 6.10. The molecule has 3 rings (SSSR count). The highest BCUT2D eigenvalue weighted by Crippen LogP contribution is 2.48. The number of hydrogen-bond acceptors (Lipinski definition) is 1. The van der Waals surface area contributed by atoms with Gasteiger partial charge in [-0.1, -0.05) is 24.1 Å². The number of anilines is 1. The Morgan fingerprint density at radius 3 is 2.74 bits per heavy atom. The van der Waals surface area contributed by atoms with Gasteiger partial charge in [-0.05, 0) is 55.6 Å². The zero-order valence-corrected chi connectivity index (χ0v) is 12.8. The lowest BCUT2D eigenvalue weighted by atomic mass is 9.88. The lowest BCUT2D eigenvalue weighted by Crippen LogP contribution is -2.29. The van der Waals surface area contributed by atoms with Crippen LogP contribution in [0.1, 0.15) is 36.8 Å². The Morgan fingerprint density at radius 1 is 1.26 bits per heavy atom. The highest BCUT2D eigenvalue weighted by molar-refractivity contribution is 6.17. The van der Waals surface area contributed by atoms with Gasteiger partial charge in [-0.25, -0.2) is 0 Å². The predicted octanol–water partition coefficient (Wildman–Crippen LogP) is 4.61. The van der Waals surface area contributed by atoms with Crippen molar-refractivity contribution < 1.29 is 0 Å². The highest BCUT2D eigenvalue weighted by Gasteiger charge is 2.39. The van der Waals surface area contributed by atoms with Crippen LogP contribution in [0.3, 0.4) is 0 Å². The van der Waals surface area contributed by atoms with E-state index in [1.807, 2.05) is 0 Å². The lowest BCUT2D eigenvalue weighted by Gasteiger charge is -2.29. The van der Waals surface area contributed by atoms with Gasteiger partial charge in [-0.3, -0.25) is 0 Å². The molecule has 1 aromatic carbocycles. The largest absolute Gasteiger partial charge is 0.374 e. The van der Waals surface area contributed by atoms with Crippen LogP contribution in [0.2, 0.25) is 0 Å². The molecule has 3 atom stereocenters. The van der Waals surface area contributed by atoms with Gasteiger partial charge in [0.1, 0.15) is 0 Å². The van der Waals surface area contributed by atoms with Crippen molar-refractivity contribution in [1.29, 1.82) is 0 Å². The summed E-state index contributed by atoms with van der Waals surface area (Å²) in [6, 6.07) is 6.66. The fourth-order valence-corrected chi connectivity index (χ4v) is 4.46. The average Bonchev–Trinajstić information content (AvgIpc) is 3.00. The van der Waals surface area contributed by atoms with Crippen LogP contribution < -0.4 is 4.90 Å². The first kappa shape index (κ1) is 13.3. The molecule has 3 unspecified atom stereocenters. The number of alkyl halides is 1. The van der Waals surface area contributed by atoms with Gasteiger partial charge in [-0.2, -0.15) is 0 Å². The second-order valence-corrected chi connectivity index (χ2v) is 6.85. The Hall–Kier alpha value is -0.690. The highest BCUT2D eigenvalue weighted by atomic mass is 35.5. The minimum atomic E-state index is 0.609. The van der Waals surface area contributed by atoms with E-state index in [0.717, 1.165) is 17.8 Å². The normalized spacial score (nSPS) is 28.9. The molecule has 0 aromatic heterocycles. The summed E-state index contributed by atoms with van der Waals surface area (Å²) in [4.78, 5) is 2.43. The third kappa shape index (κ3) is 2.63. The molecule has 19 heavy (non-hydrogen) atoms. The molecule has 2 aliphatic carbocycles. The Labute approximate surface area is 121 Å². The summed E-state index contributed by atoms with van der Waals surface area (Å²) >= 11 is 6.10. The summed E-state index contributed by atoms with van der Waals surface area (Å²) in [5, 5.41) is 0. The van der Waals surface area contributed by atoms with Crippen LogP contribution in [0.15, 0.2) is 18.2 Å². The standard InChI is InChI=1S/C17H24ClN/c1-12-3-6-17(15(7-12)10-18)19(2)11-16-9-13-4-5-14(16)8-13/h3,6-7,13-14,16H,4-5,8-11H2,1-2H3. The van der Waals surface area contributed by atoms with Crippen molar-refractivity contribution in [2.75, 3.05) is 18.5 Å². The van der Waals surface area contributed by atoms with E-state index in [4.69, 9.17) is 11.6 Å². The van der Waals surface area contributed by atoms with Crippen LogP contribution in [-0.4, -0.2) is 13.6 Å². The van der Waals surface area contributed by atoms with Crippen LogP contribution >= 0.6 is 11.6 Å². The number of fused-ring (bicyclic) bond motifs is 2. The summed E-state index contributed by atoms with van der Waals surface area (Å²) < 4.78 is 0. The van der Waals surface area contributed by atoms with E-state index in [1.54, 1.807) is 0 Å².